The summed E-state index contributed by atoms with van der Waals surface area (Å²) in [4.78, 5) is 8.65. The first-order valence-electron chi connectivity index (χ1n) is 8.39. The van der Waals surface area contributed by atoms with Crippen LogP contribution in [0.1, 0.15) is 57.0 Å². The molecule has 2 atom stereocenters. The zero-order valence-corrected chi connectivity index (χ0v) is 15.1. The van der Waals surface area contributed by atoms with E-state index in [1.54, 1.807) is 0 Å². The smallest absolute Gasteiger partial charge is 0.185 e. The van der Waals surface area contributed by atoms with Gasteiger partial charge in [0.2, 0.25) is 0 Å². The van der Waals surface area contributed by atoms with Crippen LogP contribution in [-0.2, 0) is 6.54 Å². The Kier molecular flexibility index (Phi) is 6.06. The minimum Gasteiger partial charge on any atom is -0.348 e. The van der Waals surface area contributed by atoms with E-state index in [2.05, 4.69) is 45.0 Å². The van der Waals surface area contributed by atoms with Gasteiger partial charge < -0.3 is 10.2 Å². The first kappa shape index (κ1) is 16.8. The fraction of sp³-hybridized carbons (Fsp3) is 0.824. The highest BCUT2D eigenvalue weighted by molar-refractivity contribution is 7.15. The Morgan fingerprint density at radius 3 is 2.71 bits per heavy atom. The second kappa shape index (κ2) is 7.59. The summed E-state index contributed by atoms with van der Waals surface area (Å²) in [5.41, 5.74) is 1.20. The minimum absolute atomic E-state index is 0.667. The number of aryl methyl sites for hydroxylation is 1. The van der Waals surface area contributed by atoms with Crippen molar-refractivity contribution in [2.75, 3.05) is 18.5 Å². The van der Waals surface area contributed by atoms with Gasteiger partial charge in [0.25, 0.3) is 0 Å². The monoisotopic (exact) mass is 309 g/mol. The summed E-state index contributed by atoms with van der Waals surface area (Å²) in [6.45, 7) is 11.1. The lowest BCUT2D eigenvalue weighted by Crippen LogP contribution is -2.38. The summed E-state index contributed by atoms with van der Waals surface area (Å²) in [5.74, 6) is 1.49. The van der Waals surface area contributed by atoms with Gasteiger partial charge in [-0.3, -0.25) is 0 Å². The molecule has 2 rings (SSSR count). The SMILES string of the molecule is Cc1nc(N(C)C2CCCCC2C)sc1CNCC(C)C. The summed E-state index contributed by atoms with van der Waals surface area (Å²) in [5, 5.41) is 4.74. The number of hydrogen-bond acceptors (Lipinski definition) is 4. The third-order valence-electron chi connectivity index (χ3n) is 4.58. The lowest BCUT2D eigenvalue weighted by molar-refractivity contribution is 0.321. The molecule has 1 N–H and O–H groups in total. The molecule has 1 fully saturated rings. The van der Waals surface area contributed by atoms with Crippen LogP contribution in [0.4, 0.5) is 5.13 Å². The maximum atomic E-state index is 4.82. The van der Waals surface area contributed by atoms with Gasteiger partial charge in [0, 0.05) is 24.5 Å². The van der Waals surface area contributed by atoms with Crippen molar-refractivity contribution in [1.29, 1.82) is 0 Å². The molecule has 1 heterocycles. The first-order valence-corrected chi connectivity index (χ1v) is 9.20. The second-order valence-electron chi connectivity index (χ2n) is 6.97. The fourth-order valence-corrected chi connectivity index (χ4v) is 4.27. The summed E-state index contributed by atoms with van der Waals surface area (Å²) in [6.07, 6.45) is 5.44. The van der Waals surface area contributed by atoms with Crippen molar-refractivity contribution in [2.45, 2.75) is 66.0 Å². The van der Waals surface area contributed by atoms with Crippen molar-refractivity contribution in [3.63, 3.8) is 0 Å². The number of rotatable bonds is 6. The molecule has 21 heavy (non-hydrogen) atoms. The van der Waals surface area contributed by atoms with Crippen LogP contribution in [0.15, 0.2) is 0 Å². The molecule has 1 aliphatic carbocycles. The molecular formula is C17H31N3S. The van der Waals surface area contributed by atoms with Crippen molar-refractivity contribution in [3.8, 4) is 0 Å². The maximum absolute atomic E-state index is 4.82. The van der Waals surface area contributed by atoms with Gasteiger partial charge in [-0.2, -0.15) is 0 Å². The molecule has 0 aliphatic heterocycles. The topological polar surface area (TPSA) is 28.2 Å². The minimum atomic E-state index is 0.667. The van der Waals surface area contributed by atoms with Gasteiger partial charge in [0.15, 0.2) is 5.13 Å². The average molecular weight is 310 g/mol. The van der Waals surface area contributed by atoms with Crippen molar-refractivity contribution in [3.05, 3.63) is 10.6 Å². The molecule has 0 aromatic carbocycles. The largest absolute Gasteiger partial charge is 0.348 e. The first-order chi connectivity index (χ1) is 9.99. The number of nitrogens with zero attached hydrogens (tertiary/aromatic N) is 2. The molecule has 4 heteroatoms. The van der Waals surface area contributed by atoms with Crippen LogP contribution in [0.5, 0.6) is 0 Å². The number of anilines is 1. The van der Waals surface area contributed by atoms with Crippen LogP contribution < -0.4 is 10.2 Å². The highest BCUT2D eigenvalue weighted by Gasteiger charge is 2.27. The molecule has 1 aromatic rings. The van der Waals surface area contributed by atoms with Gasteiger partial charge in [0.1, 0.15) is 0 Å². The lowest BCUT2D eigenvalue weighted by Gasteiger charge is -2.36. The highest BCUT2D eigenvalue weighted by Crippen LogP contribution is 2.33. The van der Waals surface area contributed by atoms with E-state index in [0.717, 1.165) is 19.0 Å². The third-order valence-corrected chi connectivity index (χ3v) is 5.83. The van der Waals surface area contributed by atoms with Gasteiger partial charge in [0.05, 0.1) is 5.69 Å². The van der Waals surface area contributed by atoms with Gasteiger partial charge in [-0.25, -0.2) is 4.98 Å². The normalized spacial score (nSPS) is 22.8. The molecule has 1 aliphatic rings. The quantitative estimate of drug-likeness (QED) is 0.853. The second-order valence-corrected chi connectivity index (χ2v) is 8.03. The molecule has 1 saturated carbocycles. The lowest BCUT2D eigenvalue weighted by atomic mass is 9.85. The summed E-state index contributed by atoms with van der Waals surface area (Å²) < 4.78 is 0. The van der Waals surface area contributed by atoms with Crippen molar-refractivity contribution >= 4 is 16.5 Å². The van der Waals surface area contributed by atoms with Gasteiger partial charge in [-0.1, -0.05) is 33.6 Å². The fourth-order valence-electron chi connectivity index (χ4n) is 3.22. The number of hydrogen-bond donors (Lipinski definition) is 1. The molecule has 0 spiro atoms. The van der Waals surface area contributed by atoms with E-state index in [9.17, 15) is 0 Å². The van der Waals surface area contributed by atoms with E-state index in [1.807, 2.05) is 11.3 Å². The summed E-state index contributed by atoms with van der Waals surface area (Å²) in [7, 11) is 2.23. The van der Waals surface area contributed by atoms with E-state index >= 15 is 0 Å². The van der Waals surface area contributed by atoms with Crippen molar-refractivity contribution < 1.29 is 0 Å². The van der Waals surface area contributed by atoms with Crippen molar-refractivity contribution in [1.82, 2.24) is 10.3 Å². The number of aromatic nitrogens is 1. The molecule has 3 nitrogen and oxygen atoms in total. The standard InChI is InChI=1S/C17H31N3S/c1-12(2)10-18-11-16-14(4)19-17(21-16)20(5)15-9-7-6-8-13(15)3/h12-13,15,18H,6-11H2,1-5H3. The molecule has 0 amide bonds. The van der Waals surface area contributed by atoms with Crippen LogP contribution in [0, 0.1) is 18.8 Å². The van der Waals surface area contributed by atoms with Crippen LogP contribution in [0.3, 0.4) is 0 Å². The Balaban J connectivity index is 1.99. The zero-order valence-electron chi connectivity index (χ0n) is 14.3. The molecule has 120 valence electrons. The highest BCUT2D eigenvalue weighted by atomic mass is 32.1. The molecular weight excluding hydrogens is 278 g/mol. The Bertz CT molecular complexity index is 441. The Hall–Kier alpha value is -0.610. The molecule has 0 saturated heterocycles. The predicted molar refractivity (Wildman–Crippen MR) is 93.2 cm³/mol. The summed E-state index contributed by atoms with van der Waals surface area (Å²) in [6, 6.07) is 0.667. The van der Waals surface area contributed by atoms with Gasteiger partial charge >= 0.3 is 0 Å². The maximum Gasteiger partial charge on any atom is 0.185 e. The molecule has 2 unspecified atom stereocenters. The molecule has 1 aromatic heterocycles. The molecule has 0 bridgehead atoms. The van der Waals surface area contributed by atoms with E-state index in [0.29, 0.717) is 12.0 Å². The van der Waals surface area contributed by atoms with Gasteiger partial charge in [-0.05, 0) is 38.1 Å². The predicted octanol–water partition coefficient (Wildman–Crippen LogP) is 4.21. The van der Waals surface area contributed by atoms with Crippen LogP contribution >= 0.6 is 11.3 Å². The van der Waals surface area contributed by atoms with E-state index in [-0.39, 0.29) is 0 Å². The van der Waals surface area contributed by atoms with E-state index in [4.69, 9.17) is 4.98 Å². The van der Waals surface area contributed by atoms with Crippen LogP contribution in [-0.4, -0.2) is 24.6 Å². The number of thiazole rings is 1. The van der Waals surface area contributed by atoms with Crippen LogP contribution in [0.25, 0.3) is 0 Å². The van der Waals surface area contributed by atoms with Gasteiger partial charge in [-0.15, -0.1) is 11.3 Å². The van der Waals surface area contributed by atoms with Crippen molar-refractivity contribution in [2.24, 2.45) is 11.8 Å². The van der Waals surface area contributed by atoms with E-state index < -0.39 is 0 Å². The Labute approximate surface area is 134 Å². The molecule has 0 radical (unpaired) electrons. The Morgan fingerprint density at radius 1 is 1.33 bits per heavy atom. The van der Waals surface area contributed by atoms with Crippen LogP contribution in [0.2, 0.25) is 0 Å². The zero-order chi connectivity index (χ0) is 15.4. The van der Waals surface area contributed by atoms with E-state index in [1.165, 1.54) is 41.4 Å². The third kappa shape index (κ3) is 4.43. The number of nitrogens with one attached hydrogen (secondary N) is 1. The average Bonchev–Trinajstić information content (AvgIpc) is 2.80. The summed E-state index contributed by atoms with van der Waals surface area (Å²) >= 11 is 1.87. The Morgan fingerprint density at radius 2 is 2.05 bits per heavy atom.